The number of nitrogens with one attached hydrogen (secondary N) is 1. The van der Waals surface area contributed by atoms with E-state index in [9.17, 15) is 14.4 Å². The van der Waals surface area contributed by atoms with Gasteiger partial charge in [-0.3, -0.25) is 9.59 Å². The van der Waals surface area contributed by atoms with Crippen LogP contribution < -0.4 is 5.32 Å². The molecule has 17 heavy (non-hydrogen) atoms. The van der Waals surface area contributed by atoms with Crippen molar-refractivity contribution in [3.05, 3.63) is 0 Å². The Morgan fingerprint density at radius 1 is 1.29 bits per heavy atom. The van der Waals surface area contributed by atoms with Gasteiger partial charge in [0.05, 0.1) is 13.0 Å². The highest BCUT2D eigenvalue weighted by Crippen LogP contribution is 1.92. The molecule has 0 bridgehead atoms. The molecule has 0 saturated heterocycles. The van der Waals surface area contributed by atoms with Crippen LogP contribution in [-0.4, -0.2) is 54.2 Å². The second-order valence-corrected chi connectivity index (χ2v) is 3.19. The van der Waals surface area contributed by atoms with Gasteiger partial charge in [-0.05, 0) is 13.8 Å². The number of carbonyl (C=O) groups excluding carboxylic acids is 2. The van der Waals surface area contributed by atoms with Gasteiger partial charge in [-0.15, -0.1) is 0 Å². The molecule has 0 aliphatic rings. The minimum Gasteiger partial charge on any atom is -0.481 e. The minimum absolute atomic E-state index is 0.0352. The zero-order valence-corrected chi connectivity index (χ0v) is 10.1. The Morgan fingerprint density at radius 3 is 2.41 bits per heavy atom. The lowest BCUT2D eigenvalue weighted by Crippen LogP contribution is -2.43. The monoisotopic (exact) mass is 246 g/mol. The van der Waals surface area contributed by atoms with E-state index in [1.165, 1.54) is 4.90 Å². The van der Waals surface area contributed by atoms with Crippen LogP contribution in [0.1, 0.15) is 20.3 Å². The number of ether oxygens (including phenoxy) is 1. The van der Waals surface area contributed by atoms with Gasteiger partial charge < -0.3 is 20.1 Å². The molecular formula is C10H18N2O5. The largest absolute Gasteiger partial charge is 0.481 e. The van der Waals surface area contributed by atoms with Crippen molar-refractivity contribution >= 4 is 18.0 Å². The summed E-state index contributed by atoms with van der Waals surface area (Å²) in [5.41, 5.74) is 0. The standard InChI is InChI=1S/C10H18N2O5/c1-3-12(7-9(15)17-4-2)10(16)11-6-5-8(13)14/h3-7H2,1-2H3,(H,11,16)(H,13,14). The molecule has 0 radical (unpaired) electrons. The van der Waals surface area contributed by atoms with Crippen molar-refractivity contribution < 1.29 is 24.2 Å². The molecule has 0 unspecified atom stereocenters. The van der Waals surface area contributed by atoms with Crippen LogP contribution in [0.3, 0.4) is 0 Å². The second kappa shape index (κ2) is 8.37. The lowest BCUT2D eigenvalue weighted by molar-refractivity contribution is -0.143. The number of likely N-dealkylation sites (N-methyl/N-ethyl adjacent to an activating group) is 1. The smallest absolute Gasteiger partial charge is 0.325 e. The van der Waals surface area contributed by atoms with Crippen molar-refractivity contribution in [3.63, 3.8) is 0 Å². The van der Waals surface area contributed by atoms with Crippen molar-refractivity contribution in [1.29, 1.82) is 0 Å². The molecule has 0 rings (SSSR count). The zero-order valence-electron chi connectivity index (χ0n) is 10.1. The summed E-state index contributed by atoms with van der Waals surface area (Å²) >= 11 is 0. The summed E-state index contributed by atoms with van der Waals surface area (Å²) in [5.74, 6) is -1.47. The Balaban J connectivity index is 4.03. The first-order chi connectivity index (χ1) is 8.01. The highest BCUT2D eigenvalue weighted by Gasteiger charge is 2.15. The van der Waals surface area contributed by atoms with Gasteiger partial charge in [0.2, 0.25) is 0 Å². The quantitative estimate of drug-likeness (QED) is 0.619. The van der Waals surface area contributed by atoms with Crippen molar-refractivity contribution in [2.24, 2.45) is 0 Å². The highest BCUT2D eigenvalue weighted by molar-refractivity contribution is 5.81. The number of amides is 2. The minimum atomic E-state index is -0.987. The van der Waals surface area contributed by atoms with Gasteiger partial charge in [0, 0.05) is 13.1 Å². The molecule has 2 amide bonds. The Hall–Kier alpha value is -1.79. The molecule has 0 aliphatic heterocycles. The van der Waals surface area contributed by atoms with E-state index in [4.69, 9.17) is 9.84 Å². The number of nitrogens with zero attached hydrogens (tertiary/aromatic N) is 1. The number of aliphatic carboxylic acids is 1. The number of carbonyl (C=O) groups is 3. The maximum atomic E-state index is 11.5. The predicted molar refractivity (Wildman–Crippen MR) is 59.5 cm³/mol. The zero-order chi connectivity index (χ0) is 13.3. The SMILES string of the molecule is CCOC(=O)CN(CC)C(=O)NCCC(=O)O. The van der Waals surface area contributed by atoms with Crippen LogP contribution in [0, 0.1) is 0 Å². The van der Waals surface area contributed by atoms with Gasteiger partial charge in [-0.1, -0.05) is 0 Å². The summed E-state index contributed by atoms with van der Waals surface area (Å²) in [6.07, 6.45) is -0.150. The van der Waals surface area contributed by atoms with Crippen molar-refractivity contribution in [1.82, 2.24) is 10.2 Å². The topological polar surface area (TPSA) is 95.9 Å². The van der Waals surface area contributed by atoms with Gasteiger partial charge in [0.25, 0.3) is 0 Å². The van der Waals surface area contributed by atoms with E-state index in [2.05, 4.69) is 5.32 Å². The van der Waals surface area contributed by atoms with Crippen molar-refractivity contribution in [2.75, 3.05) is 26.2 Å². The van der Waals surface area contributed by atoms with Gasteiger partial charge in [-0.25, -0.2) is 4.79 Å². The molecule has 0 fully saturated rings. The molecule has 2 N–H and O–H groups in total. The van der Waals surface area contributed by atoms with Gasteiger partial charge in [-0.2, -0.15) is 0 Å². The molecule has 7 heteroatoms. The lowest BCUT2D eigenvalue weighted by atomic mass is 10.4. The van der Waals surface area contributed by atoms with Crippen LogP contribution in [0.5, 0.6) is 0 Å². The molecule has 0 saturated carbocycles. The second-order valence-electron chi connectivity index (χ2n) is 3.19. The lowest BCUT2D eigenvalue weighted by Gasteiger charge is -2.19. The Morgan fingerprint density at radius 2 is 1.94 bits per heavy atom. The summed E-state index contributed by atoms with van der Waals surface area (Å²) in [6, 6.07) is -0.471. The molecule has 0 aliphatic carbocycles. The maximum absolute atomic E-state index is 11.5. The van der Waals surface area contributed by atoms with Crippen LogP contribution in [0.25, 0.3) is 0 Å². The molecule has 0 heterocycles. The normalized spacial score (nSPS) is 9.53. The molecule has 0 spiro atoms. The first-order valence-electron chi connectivity index (χ1n) is 5.41. The fourth-order valence-corrected chi connectivity index (χ4v) is 1.08. The van der Waals surface area contributed by atoms with Crippen molar-refractivity contribution in [2.45, 2.75) is 20.3 Å². The first-order valence-corrected chi connectivity index (χ1v) is 5.41. The van der Waals surface area contributed by atoms with Crippen molar-refractivity contribution in [3.8, 4) is 0 Å². The number of hydrogen-bond acceptors (Lipinski definition) is 4. The average molecular weight is 246 g/mol. The molecule has 7 nitrogen and oxygen atoms in total. The number of urea groups is 1. The van der Waals surface area contributed by atoms with E-state index in [0.717, 1.165) is 0 Å². The first kappa shape index (κ1) is 15.2. The number of carboxylic acid groups (broad SMARTS) is 1. The van der Waals surface area contributed by atoms with Crippen LogP contribution in [-0.2, 0) is 14.3 Å². The van der Waals surface area contributed by atoms with Crippen LogP contribution >= 0.6 is 0 Å². The number of hydrogen-bond donors (Lipinski definition) is 2. The number of esters is 1. The average Bonchev–Trinajstić information content (AvgIpc) is 2.25. The highest BCUT2D eigenvalue weighted by atomic mass is 16.5. The molecule has 0 atom stereocenters. The number of carboxylic acids is 1. The summed E-state index contributed by atoms with van der Waals surface area (Å²) in [6.45, 7) is 3.91. The summed E-state index contributed by atoms with van der Waals surface area (Å²) in [4.78, 5) is 34.2. The van der Waals surface area contributed by atoms with Gasteiger partial charge >= 0.3 is 18.0 Å². The van der Waals surface area contributed by atoms with E-state index in [1.54, 1.807) is 13.8 Å². The maximum Gasteiger partial charge on any atom is 0.325 e. The van der Waals surface area contributed by atoms with Gasteiger partial charge in [0.15, 0.2) is 0 Å². The summed E-state index contributed by atoms with van der Waals surface area (Å²) in [5, 5.41) is 10.8. The van der Waals surface area contributed by atoms with E-state index >= 15 is 0 Å². The summed E-state index contributed by atoms with van der Waals surface area (Å²) in [7, 11) is 0. The third-order valence-electron chi connectivity index (χ3n) is 1.91. The Kier molecular flexibility index (Phi) is 7.49. The summed E-state index contributed by atoms with van der Waals surface area (Å²) < 4.78 is 4.71. The molecule has 0 aromatic rings. The van der Waals surface area contributed by atoms with E-state index < -0.39 is 18.0 Å². The molecule has 0 aromatic carbocycles. The molecule has 0 aromatic heterocycles. The van der Waals surface area contributed by atoms with Crippen LogP contribution in [0.15, 0.2) is 0 Å². The third kappa shape index (κ3) is 7.15. The molecular weight excluding hydrogens is 228 g/mol. The molecule has 98 valence electrons. The predicted octanol–water partition coefficient (Wildman–Crippen LogP) is 0.0557. The third-order valence-corrected chi connectivity index (χ3v) is 1.91. The fraction of sp³-hybridized carbons (Fsp3) is 0.700. The Bertz CT molecular complexity index is 280. The van der Waals surface area contributed by atoms with Crippen LogP contribution in [0.4, 0.5) is 4.79 Å². The van der Waals surface area contributed by atoms with E-state index in [-0.39, 0.29) is 26.1 Å². The fourth-order valence-electron chi connectivity index (χ4n) is 1.08. The van der Waals surface area contributed by atoms with Crippen LogP contribution in [0.2, 0.25) is 0 Å². The Labute approximate surface area is 99.7 Å². The number of rotatable bonds is 7. The van der Waals surface area contributed by atoms with Gasteiger partial charge in [0.1, 0.15) is 6.54 Å². The van der Waals surface area contributed by atoms with E-state index in [0.29, 0.717) is 6.54 Å². The van der Waals surface area contributed by atoms with E-state index in [1.807, 2.05) is 0 Å².